The number of aromatic nitrogens is 2. The number of benzene rings is 1. The predicted molar refractivity (Wildman–Crippen MR) is 79.6 cm³/mol. The second kappa shape index (κ2) is 5.70. The number of halogens is 1. The maximum Gasteiger partial charge on any atom is 0.167 e. The van der Waals surface area contributed by atoms with Crippen LogP contribution in [-0.2, 0) is 13.0 Å². The Balaban J connectivity index is 2.20. The first kappa shape index (κ1) is 14.0. The van der Waals surface area contributed by atoms with Crippen molar-refractivity contribution in [2.24, 2.45) is 0 Å². The van der Waals surface area contributed by atoms with Gasteiger partial charge in [-0.3, -0.25) is 9.48 Å². The summed E-state index contributed by atoms with van der Waals surface area (Å²) < 4.78 is 2.91. The van der Waals surface area contributed by atoms with Gasteiger partial charge < -0.3 is 0 Å². The van der Waals surface area contributed by atoms with E-state index in [2.05, 4.69) is 21.0 Å². The summed E-state index contributed by atoms with van der Waals surface area (Å²) in [5.41, 5.74) is 3.91. The standard InChI is InChI=1S/C15H17BrN2O/c1-4-18-9-12(8-17-18)7-14(19)13-5-10(2)15(16)11(3)6-13/h5-6,8-9H,4,7H2,1-3H3. The Kier molecular flexibility index (Phi) is 4.20. The molecule has 0 spiro atoms. The number of rotatable bonds is 4. The maximum atomic E-state index is 12.3. The number of carbonyl (C=O) groups excluding carboxylic acids is 1. The van der Waals surface area contributed by atoms with Crippen LogP contribution in [0.4, 0.5) is 0 Å². The van der Waals surface area contributed by atoms with Crippen molar-refractivity contribution in [1.82, 2.24) is 9.78 Å². The molecule has 1 aromatic carbocycles. The minimum Gasteiger partial charge on any atom is -0.294 e. The fraction of sp³-hybridized carbons (Fsp3) is 0.333. The molecular formula is C15H17BrN2O. The molecule has 0 fully saturated rings. The summed E-state index contributed by atoms with van der Waals surface area (Å²) in [6.45, 7) is 6.86. The van der Waals surface area contributed by atoms with Crippen LogP contribution in [0, 0.1) is 13.8 Å². The van der Waals surface area contributed by atoms with E-state index in [1.807, 2.05) is 43.8 Å². The fourth-order valence-corrected chi connectivity index (χ4v) is 2.29. The van der Waals surface area contributed by atoms with Gasteiger partial charge in [0.25, 0.3) is 0 Å². The molecular weight excluding hydrogens is 304 g/mol. The van der Waals surface area contributed by atoms with Crippen molar-refractivity contribution in [3.63, 3.8) is 0 Å². The van der Waals surface area contributed by atoms with Gasteiger partial charge >= 0.3 is 0 Å². The third kappa shape index (κ3) is 3.13. The molecule has 0 saturated heterocycles. The van der Waals surface area contributed by atoms with Gasteiger partial charge in [0.1, 0.15) is 0 Å². The molecule has 100 valence electrons. The van der Waals surface area contributed by atoms with Gasteiger partial charge in [-0.05, 0) is 49.6 Å². The highest BCUT2D eigenvalue weighted by atomic mass is 79.9. The van der Waals surface area contributed by atoms with Crippen LogP contribution in [0.25, 0.3) is 0 Å². The largest absolute Gasteiger partial charge is 0.294 e. The molecule has 0 bridgehead atoms. The number of aryl methyl sites for hydroxylation is 3. The molecule has 0 aliphatic heterocycles. The second-order valence-corrected chi connectivity index (χ2v) is 5.52. The zero-order valence-electron chi connectivity index (χ0n) is 11.4. The lowest BCUT2D eigenvalue weighted by Gasteiger charge is -2.06. The summed E-state index contributed by atoms with van der Waals surface area (Å²) >= 11 is 3.52. The second-order valence-electron chi connectivity index (χ2n) is 4.73. The molecule has 0 radical (unpaired) electrons. The Morgan fingerprint density at radius 3 is 2.47 bits per heavy atom. The summed E-state index contributed by atoms with van der Waals surface area (Å²) in [5.74, 6) is 0.134. The van der Waals surface area contributed by atoms with E-state index in [0.717, 1.165) is 33.3 Å². The smallest absolute Gasteiger partial charge is 0.167 e. The molecule has 1 heterocycles. The Bertz CT molecular complexity index is 593. The van der Waals surface area contributed by atoms with Gasteiger partial charge in [-0.1, -0.05) is 15.9 Å². The third-order valence-corrected chi connectivity index (χ3v) is 4.38. The van der Waals surface area contributed by atoms with Gasteiger partial charge in [-0.25, -0.2) is 0 Å². The van der Waals surface area contributed by atoms with E-state index < -0.39 is 0 Å². The molecule has 0 N–H and O–H groups in total. The normalized spacial score (nSPS) is 10.7. The highest BCUT2D eigenvalue weighted by Gasteiger charge is 2.11. The topological polar surface area (TPSA) is 34.9 Å². The van der Waals surface area contributed by atoms with Crippen LogP contribution >= 0.6 is 15.9 Å². The van der Waals surface area contributed by atoms with Crippen LogP contribution in [0.1, 0.15) is 34.0 Å². The van der Waals surface area contributed by atoms with E-state index in [1.165, 1.54) is 0 Å². The van der Waals surface area contributed by atoms with Crippen LogP contribution in [0.5, 0.6) is 0 Å². The monoisotopic (exact) mass is 320 g/mol. The lowest BCUT2D eigenvalue weighted by molar-refractivity contribution is 0.0993. The number of Topliss-reactive ketones (excluding diaryl/α,β-unsaturated/α-hetero) is 1. The van der Waals surface area contributed by atoms with Crippen molar-refractivity contribution in [2.75, 3.05) is 0 Å². The highest BCUT2D eigenvalue weighted by Crippen LogP contribution is 2.23. The van der Waals surface area contributed by atoms with Crippen LogP contribution < -0.4 is 0 Å². The van der Waals surface area contributed by atoms with Gasteiger partial charge in [-0.15, -0.1) is 0 Å². The minimum absolute atomic E-state index is 0.134. The van der Waals surface area contributed by atoms with E-state index in [4.69, 9.17) is 0 Å². The van der Waals surface area contributed by atoms with Crippen molar-refractivity contribution in [2.45, 2.75) is 33.7 Å². The molecule has 4 heteroatoms. The lowest BCUT2D eigenvalue weighted by atomic mass is 10.0. The van der Waals surface area contributed by atoms with Crippen molar-refractivity contribution in [1.29, 1.82) is 0 Å². The van der Waals surface area contributed by atoms with Gasteiger partial charge in [0.05, 0.1) is 6.20 Å². The first-order valence-electron chi connectivity index (χ1n) is 6.32. The Morgan fingerprint density at radius 2 is 1.95 bits per heavy atom. The molecule has 19 heavy (non-hydrogen) atoms. The summed E-state index contributed by atoms with van der Waals surface area (Å²) in [6, 6.07) is 3.87. The average molecular weight is 321 g/mol. The lowest BCUT2D eigenvalue weighted by Crippen LogP contribution is -2.04. The van der Waals surface area contributed by atoms with Crippen LogP contribution in [0.2, 0.25) is 0 Å². The third-order valence-electron chi connectivity index (χ3n) is 3.13. The fourth-order valence-electron chi connectivity index (χ4n) is 2.06. The molecule has 0 saturated carbocycles. The van der Waals surface area contributed by atoms with Crippen LogP contribution in [0.15, 0.2) is 29.0 Å². The van der Waals surface area contributed by atoms with Crippen molar-refractivity contribution < 1.29 is 4.79 Å². The molecule has 0 aliphatic rings. The summed E-state index contributed by atoms with van der Waals surface area (Å²) in [7, 11) is 0. The van der Waals surface area contributed by atoms with Crippen LogP contribution in [-0.4, -0.2) is 15.6 Å². The SMILES string of the molecule is CCn1cc(CC(=O)c2cc(C)c(Br)c(C)c2)cn1. The van der Waals surface area contributed by atoms with Crippen molar-refractivity contribution in [3.8, 4) is 0 Å². The molecule has 2 rings (SSSR count). The summed E-state index contributed by atoms with van der Waals surface area (Å²) in [4.78, 5) is 12.3. The van der Waals surface area contributed by atoms with E-state index in [0.29, 0.717) is 6.42 Å². The minimum atomic E-state index is 0.134. The van der Waals surface area contributed by atoms with E-state index in [-0.39, 0.29) is 5.78 Å². The summed E-state index contributed by atoms with van der Waals surface area (Å²) in [5, 5.41) is 4.19. The number of hydrogen-bond donors (Lipinski definition) is 0. The first-order chi connectivity index (χ1) is 9.01. The molecule has 0 aliphatic carbocycles. The van der Waals surface area contributed by atoms with E-state index in [9.17, 15) is 4.79 Å². The zero-order chi connectivity index (χ0) is 14.0. The Morgan fingerprint density at radius 1 is 1.32 bits per heavy atom. The highest BCUT2D eigenvalue weighted by molar-refractivity contribution is 9.10. The summed E-state index contributed by atoms with van der Waals surface area (Å²) in [6.07, 6.45) is 4.09. The van der Waals surface area contributed by atoms with Crippen LogP contribution in [0.3, 0.4) is 0 Å². The quantitative estimate of drug-likeness (QED) is 0.805. The first-order valence-corrected chi connectivity index (χ1v) is 7.11. The van der Waals surface area contributed by atoms with E-state index in [1.54, 1.807) is 6.20 Å². The van der Waals surface area contributed by atoms with Gasteiger partial charge in [0.15, 0.2) is 5.78 Å². The molecule has 1 aromatic heterocycles. The van der Waals surface area contributed by atoms with Gasteiger partial charge in [-0.2, -0.15) is 5.10 Å². The maximum absolute atomic E-state index is 12.3. The Hall–Kier alpha value is -1.42. The van der Waals surface area contributed by atoms with Gasteiger partial charge in [0.2, 0.25) is 0 Å². The molecule has 0 atom stereocenters. The average Bonchev–Trinajstić information content (AvgIpc) is 2.83. The number of ketones is 1. The molecule has 0 amide bonds. The van der Waals surface area contributed by atoms with Crippen molar-refractivity contribution >= 4 is 21.7 Å². The predicted octanol–water partition coefficient (Wildman–Crippen LogP) is 3.71. The number of hydrogen-bond acceptors (Lipinski definition) is 2. The van der Waals surface area contributed by atoms with Gasteiger partial charge in [0, 0.05) is 29.2 Å². The molecule has 3 nitrogen and oxygen atoms in total. The Labute approximate surface area is 121 Å². The molecule has 2 aromatic rings. The number of carbonyl (C=O) groups is 1. The zero-order valence-corrected chi connectivity index (χ0v) is 13.0. The number of nitrogens with zero attached hydrogens (tertiary/aromatic N) is 2. The molecule has 0 unspecified atom stereocenters. The van der Waals surface area contributed by atoms with Crippen molar-refractivity contribution in [3.05, 3.63) is 51.3 Å². The van der Waals surface area contributed by atoms with E-state index >= 15 is 0 Å².